The lowest BCUT2D eigenvalue weighted by molar-refractivity contribution is -0.922. The molecule has 0 unspecified atom stereocenters. The number of hydrogen-bond donors (Lipinski definition) is 3. The molecule has 26 heavy (non-hydrogen) atoms. The summed E-state index contributed by atoms with van der Waals surface area (Å²) in [4.78, 5) is 16.4. The van der Waals surface area contributed by atoms with Crippen LogP contribution in [0.1, 0.15) is 24.4 Å². The Morgan fingerprint density at radius 3 is 2.35 bits per heavy atom. The van der Waals surface area contributed by atoms with E-state index in [9.17, 15) is 9.90 Å². The number of phenolic OH excluding ortho intramolecular Hbond substituents is 1. The Hall–Kier alpha value is -2.53. The number of carbonyl (C=O) groups is 1. The van der Waals surface area contributed by atoms with E-state index < -0.39 is 0 Å². The Morgan fingerprint density at radius 2 is 1.69 bits per heavy atom. The van der Waals surface area contributed by atoms with Gasteiger partial charge in [-0.05, 0) is 25.0 Å². The molecule has 3 N–H and O–H groups in total. The maximum Gasteiger partial charge on any atom is 0.283 e. The molecule has 1 atom stereocenters. The topological polar surface area (TPSA) is 57.0 Å². The van der Waals surface area contributed by atoms with Crippen molar-refractivity contribution in [2.75, 3.05) is 31.1 Å². The Kier molecular flexibility index (Phi) is 4.80. The van der Waals surface area contributed by atoms with Crippen molar-refractivity contribution >= 4 is 11.6 Å². The molecular weight excluding hydrogens is 326 g/mol. The second kappa shape index (κ2) is 7.38. The molecule has 5 nitrogen and oxygen atoms in total. The average Bonchev–Trinajstić information content (AvgIpc) is 3.48. The van der Waals surface area contributed by atoms with E-state index in [-0.39, 0.29) is 11.9 Å². The Morgan fingerprint density at radius 1 is 1.04 bits per heavy atom. The first-order valence-corrected chi connectivity index (χ1v) is 9.45. The highest BCUT2D eigenvalue weighted by Gasteiger charge is 2.36. The number of hydrogen-bond acceptors (Lipinski definition) is 3. The quantitative estimate of drug-likeness (QED) is 0.756. The largest absolute Gasteiger partial charge is 0.506 e. The van der Waals surface area contributed by atoms with Crippen LogP contribution >= 0.6 is 0 Å². The zero-order valence-corrected chi connectivity index (χ0v) is 14.9. The number of phenols is 1. The van der Waals surface area contributed by atoms with Crippen LogP contribution in [0.25, 0.3) is 0 Å². The number of anilines is 1. The molecule has 2 aromatic carbocycles. The number of benzene rings is 2. The van der Waals surface area contributed by atoms with Crippen molar-refractivity contribution in [3.05, 3.63) is 60.2 Å². The van der Waals surface area contributed by atoms with Crippen molar-refractivity contribution in [2.24, 2.45) is 0 Å². The van der Waals surface area contributed by atoms with Crippen LogP contribution in [-0.2, 0) is 4.79 Å². The number of aromatic hydroxyl groups is 1. The summed E-state index contributed by atoms with van der Waals surface area (Å²) in [6, 6.07) is 17.8. The van der Waals surface area contributed by atoms with Crippen LogP contribution in [0, 0.1) is 0 Å². The summed E-state index contributed by atoms with van der Waals surface area (Å²) < 4.78 is 0. The summed E-state index contributed by atoms with van der Waals surface area (Å²) >= 11 is 0. The van der Waals surface area contributed by atoms with Crippen LogP contribution in [0.15, 0.2) is 54.6 Å². The van der Waals surface area contributed by atoms with Gasteiger partial charge in [0.05, 0.1) is 31.9 Å². The summed E-state index contributed by atoms with van der Waals surface area (Å²) in [6.07, 6.45) is 2.20. The van der Waals surface area contributed by atoms with Gasteiger partial charge in [0, 0.05) is 11.6 Å². The average molecular weight is 352 g/mol. The van der Waals surface area contributed by atoms with Gasteiger partial charge in [-0.3, -0.25) is 4.79 Å². The number of rotatable bonds is 5. The lowest BCUT2D eigenvalue weighted by atomic mass is 10.0. The Balaban J connectivity index is 1.49. The van der Waals surface area contributed by atoms with Crippen molar-refractivity contribution in [3.63, 3.8) is 0 Å². The predicted molar refractivity (Wildman–Crippen MR) is 101 cm³/mol. The van der Waals surface area contributed by atoms with E-state index in [1.165, 1.54) is 4.90 Å². The molecule has 0 radical (unpaired) electrons. The van der Waals surface area contributed by atoms with Crippen LogP contribution in [-0.4, -0.2) is 43.2 Å². The Bertz CT molecular complexity index is 753. The van der Waals surface area contributed by atoms with E-state index in [0.29, 0.717) is 11.8 Å². The summed E-state index contributed by atoms with van der Waals surface area (Å²) in [7, 11) is 0. The third-order valence-electron chi connectivity index (χ3n) is 5.36. The first kappa shape index (κ1) is 16.9. The summed E-state index contributed by atoms with van der Waals surface area (Å²) in [5.41, 5.74) is 1.96. The van der Waals surface area contributed by atoms with E-state index in [1.807, 2.05) is 36.4 Å². The minimum Gasteiger partial charge on any atom is -0.506 e. The van der Waals surface area contributed by atoms with Gasteiger partial charge >= 0.3 is 0 Å². The number of carbonyl (C=O) groups excluding carboxylic acids is 1. The fraction of sp³-hybridized carbons (Fsp3) is 0.381. The molecule has 1 heterocycles. The molecule has 4 rings (SSSR count). The standard InChI is InChI=1S/C21H25N3O2/c25-19-9-5-4-8-18(19)23-12-14-24(15-13-23)20(16-6-2-1-3-7-16)21(26)22-17-10-11-17/h1-9,17,20,25H,10-15H2,(H,22,26)/p+1/t20-/m1/s1. The van der Waals surface area contributed by atoms with Crippen molar-refractivity contribution < 1.29 is 14.8 Å². The van der Waals surface area contributed by atoms with Crippen molar-refractivity contribution in [1.82, 2.24) is 5.32 Å². The SMILES string of the molecule is O=C(NC1CC1)[C@@H](c1ccccc1)[NH+]1CCN(c2ccccc2O)CC1. The van der Waals surface area contributed by atoms with Gasteiger partial charge in [-0.25, -0.2) is 0 Å². The maximum absolute atomic E-state index is 12.9. The van der Waals surface area contributed by atoms with Crippen LogP contribution < -0.4 is 15.1 Å². The number of amides is 1. The maximum atomic E-state index is 12.9. The monoisotopic (exact) mass is 352 g/mol. The van der Waals surface area contributed by atoms with E-state index in [4.69, 9.17) is 0 Å². The lowest BCUT2D eigenvalue weighted by Gasteiger charge is -2.37. The second-order valence-corrected chi connectivity index (χ2v) is 7.26. The highest BCUT2D eigenvalue weighted by molar-refractivity contribution is 5.82. The molecule has 0 spiro atoms. The number of quaternary nitrogens is 1. The number of para-hydroxylation sites is 2. The first-order chi connectivity index (χ1) is 12.7. The molecule has 2 aliphatic rings. The molecule has 1 amide bonds. The van der Waals surface area contributed by atoms with Crippen molar-refractivity contribution in [3.8, 4) is 5.75 Å². The van der Waals surface area contributed by atoms with Gasteiger partial charge in [-0.1, -0.05) is 42.5 Å². The fourth-order valence-electron chi connectivity index (χ4n) is 3.79. The van der Waals surface area contributed by atoms with Crippen LogP contribution in [0.5, 0.6) is 5.75 Å². The minimum atomic E-state index is -0.164. The number of piperazine rings is 1. The number of nitrogens with one attached hydrogen (secondary N) is 2. The fourth-order valence-corrected chi connectivity index (χ4v) is 3.79. The third kappa shape index (κ3) is 3.68. The normalized spacial score (nSPS) is 19.2. The smallest absolute Gasteiger partial charge is 0.283 e. The van der Waals surface area contributed by atoms with Gasteiger partial charge < -0.3 is 20.2 Å². The van der Waals surface area contributed by atoms with Crippen LogP contribution in [0.2, 0.25) is 0 Å². The molecule has 1 saturated carbocycles. The van der Waals surface area contributed by atoms with E-state index in [2.05, 4.69) is 22.3 Å². The van der Waals surface area contributed by atoms with Gasteiger partial charge in [0.15, 0.2) is 6.04 Å². The van der Waals surface area contributed by atoms with E-state index >= 15 is 0 Å². The van der Waals surface area contributed by atoms with E-state index in [0.717, 1.165) is 50.3 Å². The third-order valence-corrected chi connectivity index (χ3v) is 5.36. The molecule has 2 aromatic rings. The van der Waals surface area contributed by atoms with Gasteiger partial charge in [0.1, 0.15) is 5.75 Å². The van der Waals surface area contributed by atoms with Gasteiger partial charge in [-0.2, -0.15) is 0 Å². The summed E-state index contributed by atoms with van der Waals surface area (Å²) in [6.45, 7) is 3.39. The molecule has 0 aromatic heterocycles. The summed E-state index contributed by atoms with van der Waals surface area (Å²) in [5.74, 6) is 0.465. The van der Waals surface area contributed by atoms with Gasteiger partial charge in [0.25, 0.3) is 5.91 Å². The molecule has 0 bridgehead atoms. The van der Waals surface area contributed by atoms with Crippen molar-refractivity contribution in [1.29, 1.82) is 0 Å². The molecular formula is C21H26N3O2+. The molecule has 2 fully saturated rings. The van der Waals surface area contributed by atoms with E-state index in [1.54, 1.807) is 6.07 Å². The summed E-state index contributed by atoms with van der Waals surface area (Å²) in [5, 5.41) is 13.3. The molecule has 5 heteroatoms. The second-order valence-electron chi connectivity index (χ2n) is 7.26. The number of nitrogens with zero attached hydrogens (tertiary/aromatic N) is 1. The molecule has 136 valence electrons. The zero-order chi connectivity index (χ0) is 17.9. The van der Waals surface area contributed by atoms with Crippen molar-refractivity contribution in [2.45, 2.75) is 24.9 Å². The first-order valence-electron chi connectivity index (χ1n) is 9.45. The zero-order valence-electron chi connectivity index (χ0n) is 14.9. The molecule has 1 aliphatic heterocycles. The van der Waals surface area contributed by atoms with Gasteiger partial charge in [-0.15, -0.1) is 0 Å². The Labute approximate surface area is 154 Å². The lowest BCUT2D eigenvalue weighted by Crippen LogP contribution is -3.16. The van der Waals surface area contributed by atoms with Gasteiger partial charge in [0.2, 0.25) is 0 Å². The van der Waals surface area contributed by atoms with Crippen LogP contribution in [0.3, 0.4) is 0 Å². The highest BCUT2D eigenvalue weighted by atomic mass is 16.3. The predicted octanol–water partition coefficient (Wildman–Crippen LogP) is 1.12. The molecule has 1 aliphatic carbocycles. The minimum absolute atomic E-state index is 0.143. The molecule has 1 saturated heterocycles. The van der Waals surface area contributed by atoms with Crippen LogP contribution in [0.4, 0.5) is 5.69 Å². The highest BCUT2D eigenvalue weighted by Crippen LogP contribution is 2.26.